The zero-order valence-electron chi connectivity index (χ0n) is 11.0. The van der Waals surface area contributed by atoms with Crippen LogP contribution in [-0.4, -0.2) is 48.0 Å². The third kappa shape index (κ3) is 4.01. The summed E-state index contributed by atoms with van der Waals surface area (Å²) in [5.41, 5.74) is 0.361. The van der Waals surface area contributed by atoms with Crippen LogP contribution < -0.4 is 0 Å². The lowest BCUT2D eigenvalue weighted by Crippen LogP contribution is -2.39. The van der Waals surface area contributed by atoms with Gasteiger partial charge in [0.15, 0.2) is 0 Å². The van der Waals surface area contributed by atoms with Crippen molar-refractivity contribution in [3.63, 3.8) is 0 Å². The first-order valence-corrected chi connectivity index (χ1v) is 7.07. The molecule has 8 nitrogen and oxygen atoms in total. The van der Waals surface area contributed by atoms with Crippen LogP contribution in [0.2, 0.25) is 0 Å². The molecular formula is C12H12N2O6S. The normalized spacial score (nSPS) is 11.1. The highest BCUT2D eigenvalue weighted by Gasteiger charge is 2.30. The average Bonchev–Trinajstić information content (AvgIpc) is 2.37. The fraction of sp³-hybridized carbons (Fsp3) is 0.250. The molecule has 0 bridgehead atoms. The van der Waals surface area contributed by atoms with Gasteiger partial charge in [-0.3, -0.25) is 9.59 Å². The number of nitrogens with zero attached hydrogens (tertiary/aromatic N) is 2. The maximum Gasteiger partial charge on any atom is 0.318 e. The van der Waals surface area contributed by atoms with Crippen molar-refractivity contribution in [2.24, 2.45) is 0 Å². The van der Waals surface area contributed by atoms with Crippen molar-refractivity contribution in [2.45, 2.75) is 11.8 Å². The molecule has 21 heavy (non-hydrogen) atoms. The molecule has 0 amide bonds. The van der Waals surface area contributed by atoms with Crippen LogP contribution in [0.3, 0.4) is 0 Å². The molecule has 1 aromatic carbocycles. The van der Waals surface area contributed by atoms with Gasteiger partial charge in [-0.15, -0.1) is 0 Å². The zero-order valence-corrected chi connectivity index (χ0v) is 11.8. The highest BCUT2D eigenvalue weighted by Crippen LogP contribution is 2.21. The molecule has 0 spiro atoms. The number of rotatable bonds is 6. The van der Waals surface area contributed by atoms with Gasteiger partial charge in [0.05, 0.1) is 16.5 Å². The molecule has 9 heteroatoms. The van der Waals surface area contributed by atoms with Gasteiger partial charge in [-0.05, 0) is 24.6 Å². The van der Waals surface area contributed by atoms with E-state index in [1.54, 1.807) is 6.07 Å². The smallest absolute Gasteiger partial charge is 0.318 e. The van der Waals surface area contributed by atoms with Crippen LogP contribution in [0.25, 0.3) is 0 Å². The molecule has 2 N–H and O–H groups in total. The molecule has 0 aliphatic heterocycles. The van der Waals surface area contributed by atoms with E-state index in [1.165, 1.54) is 19.1 Å². The summed E-state index contributed by atoms with van der Waals surface area (Å²) in [6, 6.07) is 5.66. The predicted molar refractivity (Wildman–Crippen MR) is 69.9 cm³/mol. The molecular weight excluding hydrogens is 300 g/mol. The van der Waals surface area contributed by atoms with Crippen LogP contribution in [0.4, 0.5) is 0 Å². The van der Waals surface area contributed by atoms with E-state index in [-0.39, 0.29) is 16.0 Å². The second-order valence-corrected chi connectivity index (χ2v) is 6.06. The lowest BCUT2D eigenvalue weighted by molar-refractivity contribution is -0.139. The Morgan fingerprint density at radius 2 is 1.76 bits per heavy atom. The molecule has 0 saturated heterocycles. The summed E-state index contributed by atoms with van der Waals surface area (Å²) in [5.74, 6) is -2.96. The van der Waals surface area contributed by atoms with Gasteiger partial charge in [-0.25, -0.2) is 8.42 Å². The highest BCUT2D eigenvalue weighted by molar-refractivity contribution is 7.89. The number of carboxylic acid groups (broad SMARTS) is 2. The van der Waals surface area contributed by atoms with E-state index in [9.17, 15) is 18.0 Å². The topological polar surface area (TPSA) is 136 Å². The summed E-state index contributed by atoms with van der Waals surface area (Å²) < 4.78 is 25.1. The molecule has 0 heterocycles. The Hall–Kier alpha value is -2.44. The zero-order chi connectivity index (χ0) is 16.2. The van der Waals surface area contributed by atoms with Crippen LogP contribution in [0, 0.1) is 18.3 Å². The second kappa shape index (κ2) is 6.34. The third-order valence-corrected chi connectivity index (χ3v) is 4.49. The van der Waals surface area contributed by atoms with Crippen molar-refractivity contribution in [3.8, 4) is 6.07 Å². The van der Waals surface area contributed by atoms with Gasteiger partial charge < -0.3 is 10.2 Å². The highest BCUT2D eigenvalue weighted by atomic mass is 32.2. The van der Waals surface area contributed by atoms with E-state index < -0.39 is 35.1 Å². The summed E-state index contributed by atoms with van der Waals surface area (Å²) in [4.78, 5) is 21.2. The van der Waals surface area contributed by atoms with Crippen molar-refractivity contribution in [1.29, 1.82) is 5.26 Å². The summed E-state index contributed by atoms with van der Waals surface area (Å²) >= 11 is 0. The van der Waals surface area contributed by atoms with E-state index in [1.807, 2.05) is 0 Å². The summed E-state index contributed by atoms with van der Waals surface area (Å²) in [5, 5.41) is 26.3. The number of aliphatic carboxylic acids is 2. The first-order valence-electron chi connectivity index (χ1n) is 5.63. The summed E-state index contributed by atoms with van der Waals surface area (Å²) in [6.45, 7) is -0.497. The summed E-state index contributed by atoms with van der Waals surface area (Å²) in [7, 11) is -4.33. The molecule has 0 aliphatic carbocycles. The fourth-order valence-corrected chi connectivity index (χ4v) is 3.20. The standard InChI is InChI=1S/C12H12N2O6S/c1-8-2-3-9(5-13)4-10(8)21(19,20)14(6-11(15)16)7-12(17)18/h2-4H,6-7H2,1H3,(H,15,16)(H,17,18). The van der Waals surface area contributed by atoms with Crippen LogP contribution >= 0.6 is 0 Å². The number of benzene rings is 1. The molecule has 0 fully saturated rings. The Kier molecular flexibility index (Phi) is 5.02. The van der Waals surface area contributed by atoms with Crippen molar-refractivity contribution >= 4 is 22.0 Å². The number of sulfonamides is 1. The monoisotopic (exact) mass is 312 g/mol. The number of carboxylic acids is 2. The van der Waals surface area contributed by atoms with Crippen LogP contribution in [0.1, 0.15) is 11.1 Å². The van der Waals surface area contributed by atoms with Gasteiger partial charge in [0.1, 0.15) is 13.1 Å². The minimum absolute atomic E-state index is 0.0739. The third-order valence-electron chi connectivity index (χ3n) is 2.56. The molecule has 1 aromatic rings. The van der Waals surface area contributed by atoms with Crippen LogP contribution in [0.15, 0.2) is 23.1 Å². The summed E-state index contributed by atoms with van der Waals surface area (Å²) in [6.07, 6.45) is 0. The Labute approximate surface area is 120 Å². The minimum Gasteiger partial charge on any atom is -0.480 e. The Balaban J connectivity index is 3.38. The quantitative estimate of drug-likeness (QED) is 0.756. The average molecular weight is 312 g/mol. The molecule has 0 saturated carbocycles. The first kappa shape index (κ1) is 16.6. The molecule has 0 radical (unpaired) electrons. The van der Waals surface area contributed by atoms with Gasteiger partial charge in [-0.2, -0.15) is 9.57 Å². The minimum atomic E-state index is -4.33. The molecule has 1 rings (SSSR count). The maximum atomic E-state index is 12.4. The number of hydrogen-bond donors (Lipinski definition) is 2. The van der Waals surface area contributed by atoms with Crippen molar-refractivity contribution < 1.29 is 28.2 Å². The van der Waals surface area contributed by atoms with Crippen LogP contribution in [0.5, 0.6) is 0 Å². The molecule has 0 aromatic heterocycles. The van der Waals surface area contributed by atoms with E-state index >= 15 is 0 Å². The number of carbonyl (C=O) groups is 2. The predicted octanol–water partition coefficient (Wildman–Crippen LogP) is 0.0266. The van der Waals surface area contributed by atoms with Gasteiger partial charge in [0.25, 0.3) is 0 Å². The van der Waals surface area contributed by atoms with Crippen molar-refractivity contribution in [1.82, 2.24) is 4.31 Å². The Morgan fingerprint density at radius 1 is 1.24 bits per heavy atom. The molecule has 0 aliphatic rings. The van der Waals surface area contributed by atoms with Gasteiger partial charge >= 0.3 is 11.9 Å². The molecule has 0 atom stereocenters. The number of nitriles is 1. The van der Waals surface area contributed by atoms with E-state index in [0.29, 0.717) is 4.31 Å². The lowest BCUT2D eigenvalue weighted by Gasteiger charge is -2.19. The second-order valence-electron chi connectivity index (χ2n) is 4.15. The van der Waals surface area contributed by atoms with Gasteiger partial charge in [-0.1, -0.05) is 6.07 Å². The largest absolute Gasteiger partial charge is 0.480 e. The van der Waals surface area contributed by atoms with Crippen molar-refractivity contribution in [2.75, 3.05) is 13.1 Å². The van der Waals surface area contributed by atoms with Gasteiger partial charge in [0.2, 0.25) is 10.0 Å². The molecule has 112 valence electrons. The Bertz CT molecular complexity index is 704. The van der Waals surface area contributed by atoms with Crippen LogP contribution in [-0.2, 0) is 19.6 Å². The van der Waals surface area contributed by atoms with E-state index in [2.05, 4.69) is 0 Å². The van der Waals surface area contributed by atoms with Gasteiger partial charge in [0, 0.05) is 0 Å². The maximum absolute atomic E-state index is 12.4. The SMILES string of the molecule is Cc1ccc(C#N)cc1S(=O)(=O)N(CC(=O)O)CC(=O)O. The molecule has 0 unspecified atom stereocenters. The van der Waals surface area contributed by atoms with E-state index in [4.69, 9.17) is 15.5 Å². The fourth-order valence-electron chi connectivity index (χ4n) is 1.61. The van der Waals surface area contributed by atoms with Crippen molar-refractivity contribution in [3.05, 3.63) is 29.3 Å². The number of hydrogen-bond acceptors (Lipinski definition) is 5. The van der Waals surface area contributed by atoms with E-state index in [0.717, 1.165) is 6.07 Å². The Morgan fingerprint density at radius 3 is 2.19 bits per heavy atom. The lowest BCUT2D eigenvalue weighted by atomic mass is 10.2. The first-order chi connectivity index (χ1) is 9.68. The number of aryl methyl sites for hydroxylation is 1.